The highest BCUT2D eigenvalue weighted by molar-refractivity contribution is 6.30. The fraction of sp³-hybridized carbons (Fsp3) is 0.133. The van der Waals surface area contributed by atoms with Gasteiger partial charge in [-0.15, -0.1) is 0 Å². The minimum atomic E-state index is -0.441. The maximum Gasteiger partial charge on any atom is 0.169 e. The fourth-order valence-corrected chi connectivity index (χ4v) is 2.05. The average molecular weight is 278 g/mol. The number of hydrogen-bond acceptors (Lipinski definition) is 2. The first-order valence-electron chi connectivity index (χ1n) is 5.80. The molecule has 98 valence electrons. The standard InChI is InChI=1S/C15H13ClFNO/c1-9-2-5-14(18)12(6-9)15(19)8-10-7-11(16)3-4-13(10)17/h2-7H,8,18H2,1H3. The fourth-order valence-electron chi connectivity index (χ4n) is 1.86. The highest BCUT2D eigenvalue weighted by atomic mass is 35.5. The predicted octanol–water partition coefficient (Wildman–Crippen LogP) is 3.80. The zero-order valence-corrected chi connectivity index (χ0v) is 11.2. The van der Waals surface area contributed by atoms with Crippen molar-refractivity contribution in [2.24, 2.45) is 0 Å². The van der Waals surface area contributed by atoms with E-state index in [1.165, 1.54) is 18.2 Å². The van der Waals surface area contributed by atoms with Crippen molar-refractivity contribution < 1.29 is 9.18 Å². The number of nitrogens with two attached hydrogens (primary N) is 1. The average Bonchev–Trinajstić information content (AvgIpc) is 2.36. The van der Waals surface area contributed by atoms with Crippen molar-refractivity contribution >= 4 is 23.1 Å². The molecule has 2 N–H and O–H groups in total. The van der Waals surface area contributed by atoms with Crippen LogP contribution < -0.4 is 5.73 Å². The van der Waals surface area contributed by atoms with Crippen LogP contribution >= 0.6 is 11.6 Å². The lowest BCUT2D eigenvalue weighted by Gasteiger charge is -2.07. The van der Waals surface area contributed by atoms with Crippen LogP contribution in [0.5, 0.6) is 0 Å². The number of nitrogen functional groups attached to an aromatic ring is 1. The molecule has 0 aliphatic rings. The first kappa shape index (κ1) is 13.6. The van der Waals surface area contributed by atoms with Gasteiger partial charge in [0, 0.05) is 22.7 Å². The normalized spacial score (nSPS) is 10.5. The lowest BCUT2D eigenvalue weighted by molar-refractivity contribution is 0.0992. The van der Waals surface area contributed by atoms with Crippen LogP contribution in [-0.2, 0) is 6.42 Å². The molecule has 2 aromatic carbocycles. The molecule has 0 atom stereocenters. The second kappa shape index (κ2) is 5.41. The highest BCUT2D eigenvalue weighted by Gasteiger charge is 2.13. The van der Waals surface area contributed by atoms with E-state index in [0.717, 1.165) is 5.56 Å². The Kier molecular flexibility index (Phi) is 3.86. The smallest absolute Gasteiger partial charge is 0.169 e. The van der Waals surface area contributed by atoms with Crippen molar-refractivity contribution in [3.8, 4) is 0 Å². The van der Waals surface area contributed by atoms with Crippen molar-refractivity contribution in [2.75, 3.05) is 5.73 Å². The van der Waals surface area contributed by atoms with E-state index in [2.05, 4.69) is 0 Å². The van der Waals surface area contributed by atoms with Gasteiger partial charge in [-0.1, -0.05) is 23.2 Å². The minimum absolute atomic E-state index is 0.0555. The van der Waals surface area contributed by atoms with E-state index in [9.17, 15) is 9.18 Å². The number of carbonyl (C=O) groups is 1. The van der Waals surface area contributed by atoms with E-state index < -0.39 is 5.82 Å². The quantitative estimate of drug-likeness (QED) is 0.685. The van der Waals surface area contributed by atoms with E-state index in [-0.39, 0.29) is 17.8 Å². The Balaban J connectivity index is 2.30. The molecular weight excluding hydrogens is 265 g/mol. The number of benzene rings is 2. The summed E-state index contributed by atoms with van der Waals surface area (Å²) in [6, 6.07) is 9.38. The molecule has 0 fully saturated rings. The monoisotopic (exact) mass is 277 g/mol. The van der Waals surface area contributed by atoms with Crippen LogP contribution in [0, 0.1) is 12.7 Å². The van der Waals surface area contributed by atoms with E-state index in [0.29, 0.717) is 16.3 Å². The summed E-state index contributed by atoms with van der Waals surface area (Å²) < 4.78 is 13.6. The maximum atomic E-state index is 13.6. The topological polar surface area (TPSA) is 43.1 Å². The summed E-state index contributed by atoms with van der Waals surface area (Å²) in [5.41, 5.74) is 7.80. The highest BCUT2D eigenvalue weighted by Crippen LogP contribution is 2.20. The molecule has 2 rings (SSSR count). The molecule has 0 saturated heterocycles. The van der Waals surface area contributed by atoms with Crippen molar-refractivity contribution in [3.63, 3.8) is 0 Å². The Labute approximate surface area is 116 Å². The molecule has 0 heterocycles. The van der Waals surface area contributed by atoms with Gasteiger partial charge in [-0.2, -0.15) is 0 Å². The number of carbonyl (C=O) groups excluding carboxylic acids is 1. The van der Waals surface area contributed by atoms with Gasteiger partial charge in [0.2, 0.25) is 0 Å². The van der Waals surface area contributed by atoms with Gasteiger partial charge in [0.25, 0.3) is 0 Å². The van der Waals surface area contributed by atoms with Crippen LogP contribution in [-0.4, -0.2) is 5.78 Å². The Morgan fingerprint density at radius 3 is 2.74 bits per heavy atom. The molecule has 19 heavy (non-hydrogen) atoms. The van der Waals surface area contributed by atoms with Crippen molar-refractivity contribution in [2.45, 2.75) is 13.3 Å². The summed E-state index contributed by atoms with van der Waals surface area (Å²) in [4.78, 5) is 12.2. The molecule has 0 radical (unpaired) electrons. The van der Waals surface area contributed by atoms with E-state index in [1.807, 2.05) is 13.0 Å². The number of hydrogen-bond donors (Lipinski definition) is 1. The molecule has 0 amide bonds. The van der Waals surface area contributed by atoms with Crippen molar-refractivity contribution in [3.05, 3.63) is 63.9 Å². The zero-order valence-electron chi connectivity index (χ0n) is 10.4. The second-order valence-electron chi connectivity index (χ2n) is 4.43. The Morgan fingerprint density at radius 2 is 2.00 bits per heavy atom. The molecule has 0 bridgehead atoms. The van der Waals surface area contributed by atoms with E-state index in [4.69, 9.17) is 17.3 Å². The van der Waals surface area contributed by atoms with Gasteiger partial charge in [0.1, 0.15) is 5.82 Å². The Bertz CT molecular complexity index is 640. The molecule has 0 aromatic heterocycles. The summed E-state index contributed by atoms with van der Waals surface area (Å²) in [5.74, 6) is -0.661. The molecule has 0 saturated carbocycles. The first-order chi connectivity index (χ1) is 8.97. The SMILES string of the molecule is Cc1ccc(N)c(C(=O)Cc2cc(Cl)ccc2F)c1. The third-order valence-electron chi connectivity index (χ3n) is 2.87. The second-order valence-corrected chi connectivity index (χ2v) is 4.86. The van der Waals surface area contributed by atoms with E-state index in [1.54, 1.807) is 12.1 Å². The number of aryl methyl sites for hydroxylation is 1. The molecule has 2 nitrogen and oxygen atoms in total. The van der Waals surface area contributed by atoms with E-state index >= 15 is 0 Å². The van der Waals surface area contributed by atoms with Gasteiger partial charge < -0.3 is 5.73 Å². The van der Waals surface area contributed by atoms with Crippen LogP contribution in [0.25, 0.3) is 0 Å². The largest absolute Gasteiger partial charge is 0.398 e. The third kappa shape index (κ3) is 3.12. The Morgan fingerprint density at radius 1 is 1.26 bits per heavy atom. The molecular formula is C15H13ClFNO. The van der Waals surface area contributed by atoms with Crippen LogP contribution in [0.2, 0.25) is 5.02 Å². The van der Waals surface area contributed by atoms with Gasteiger partial charge in [-0.3, -0.25) is 4.79 Å². The van der Waals surface area contributed by atoms with Gasteiger partial charge in [-0.05, 0) is 42.8 Å². The number of ketones is 1. The van der Waals surface area contributed by atoms with Gasteiger partial charge in [0.05, 0.1) is 0 Å². The van der Waals surface area contributed by atoms with Crippen LogP contribution in [0.4, 0.5) is 10.1 Å². The van der Waals surface area contributed by atoms with Crippen LogP contribution in [0.1, 0.15) is 21.5 Å². The molecule has 0 unspecified atom stereocenters. The van der Waals surface area contributed by atoms with Gasteiger partial charge in [-0.25, -0.2) is 4.39 Å². The lowest BCUT2D eigenvalue weighted by Crippen LogP contribution is -2.08. The van der Waals surface area contributed by atoms with Crippen LogP contribution in [0.15, 0.2) is 36.4 Å². The van der Waals surface area contributed by atoms with Crippen LogP contribution in [0.3, 0.4) is 0 Å². The lowest BCUT2D eigenvalue weighted by atomic mass is 10.00. The summed E-state index contributed by atoms with van der Waals surface area (Å²) in [5, 5.41) is 0.404. The molecule has 0 spiro atoms. The molecule has 4 heteroatoms. The maximum absolute atomic E-state index is 13.6. The molecule has 0 aliphatic carbocycles. The zero-order chi connectivity index (χ0) is 14.0. The van der Waals surface area contributed by atoms with Gasteiger partial charge in [0.15, 0.2) is 5.78 Å². The molecule has 2 aromatic rings. The predicted molar refractivity (Wildman–Crippen MR) is 75.0 cm³/mol. The summed E-state index contributed by atoms with van der Waals surface area (Å²) >= 11 is 5.80. The summed E-state index contributed by atoms with van der Waals surface area (Å²) in [6.45, 7) is 1.87. The first-order valence-corrected chi connectivity index (χ1v) is 6.18. The number of anilines is 1. The minimum Gasteiger partial charge on any atom is -0.398 e. The third-order valence-corrected chi connectivity index (χ3v) is 3.10. The van der Waals surface area contributed by atoms with Gasteiger partial charge >= 0.3 is 0 Å². The summed E-state index contributed by atoms with van der Waals surface area (Å²) in [7, 11) is 0. The Hall–Kier alpha value is -1.87. The van der Waals surface area contributed by atoms with Crippen molar-refractivity contribution in [1.29, 1.82) is 0 Å². The summed E-state index contributed by atoms with van der Waals surface area (Å²) in [6.07, 6.45) is -0.0555. The number of Topliss-reactive ketones (excluding diaryl/α,β-unsaturated/α-hetero) is 1. The number of rotatable bonds is 3. The molecule has 0 aliphatic heterocycles. The number of halogens is 2. The van der Waals surface area contributed by atoms with Crippen molar-refractivity contribution in [1.82, 2.24) is 0 Å².